The van der Waals surface area contributed by atoms with Crippen molar-refractivity contribution in [2.45, 2.75) is 39.0 Å². The molecule has 1 aromatic carbocycles. The smallest absolute Gasteiger partial charge is 0.251 e. The third-order valence-electron chi connectivity index (χ3n) is 6.04. The maximum Gasteiger partial charge on any atom is 0.251 e. The highest BCUT2D eigenvalue weighted by Gasteiger charge is 2.49. The summed E-state index contributed by atoms with van der Waals surface area (Å²) in [6, 6.07) is 9.07. The van der Waals surface area contributed by atoms with Gasteiger partial charge in [-0.15, -0.1) is 0 Å². The van der Waals surface area contributed by atoms with Gasteiger partial charge in [-0.1, -0.05) is 31.9 Å². The highest BCUT2D eigenvalue weighted by atomic mass is 16.2. The van der Waals surface area contributed by atoms with Gasteiger partial charge in [0.15, 0.2) is 0 Å². The molecule has 2 aliphatic rings. The first-order valence-corrected chi connectivity index (χ1v) is 9.83. The van der Waals surface area contributed by atoms with Crippen molar-refractivity contribution in [3.63, 3.8) is 0 Å². The van der Waals surface area contributed by atoms with Crippen LogP contribution < -0.4 is 16.2 Å². The lowest BCUT2D eigenvalue weighted by molar-refractivity contribution is -0.128. The summed E-state index contributed by atoms with van der Waals surface area (Å²) in [5.41, 5.74) is 1.84. The van der Waals surface area contributed by atoms with E-state index in [2.05, 4.69) is 20.6 Å². The van der Waals surface area contributed by atoms with E-state index < -0.39 is 0 Å². The Labute approximate surface area is 158 Å². The standard InChI is InChI=1S/C21H26N4O2/c1-2-16-11-18(26)25-19(23-16)14-6-5-8-17(10-14)24-20(27)21-9-4-3-7-15(21)12-22-13-21/h5-6,8,10-11,15,22H,2-4,7,9,12-13H2,1H3,(H,24,27)(H,23,25,26)/t15-,21+/m0/s1. The second kappa shape index (κ2) is 7.27. The second-order valence-corrected chi connectivity index (χ2v) is 7.70. The molecule has 1 aromatic heterocycles. The van der Waals surface area contributed by atoms with E-state index in [1.54, 1.807) is 0 Å². The predicted octanol–water partition coefficient (Wildman–Crippen LogP) is 2.72. The Bertz CT molecular complexity index is 907. The van der Waals surface area contributed by atoms with Gasteiger partial charge in [0.25, 0.3) is 5.56 Å². The number of nitrogens with zero attached hydrogens (tertiary/aromatic N) is 1. The number of amides is 1. The molecular formula is C21H26N4O2. The van der Waals surface area contributed by atoms with Gasteiger partial charge in [-0.05, 0) is 43.9 Å². The van der Waals surface area contributed by atoms with Crippen molar-refractivity contribution in [1.82, 2.24) is 15.3 Å². The van der Waals surface area contributed by atoms with Crippen LogP contribution in [-0.4, -0.2) is 29.0 Å². The highest BCUT2D eigenvalue weighted by Crippen LogP contribution is 2.44. The van der Waals surface area contributed by atoms with Gasteiger partial charge in [-0.25, -0.2) is 4.98 Å². The Morgan fingerprint density at radius 1 is 1.33 bits per heavy atom. The zero-order valence-electron chi connectivity index (χ0n) is 15.7. The van der Waals surface area contributed by atoms with Crippen LogP contribution in [0.5, 0.6) is 0 Å². The minimum atomic E-state index is -0.289. The average Bonchev–Trinajstić information content (AvgIpc) is 3.13. The Morgan fingerprint density at radius 3 is 3.07 bits per heavy atom. The third-order valence-corrected chi connectivity index (χ3v) is 6.04. The van der Waals surface area contributed by atoms with Gasteiger partial charge in [0.05, 0.1) is 5.41 Å². The quantitative estimate of drug-likeness (QED) is 0.776. The van der Waals surface area contributed by atoms with Crippen molar-refractivity contribution < 1.29 is 4.79 Å². The van der Waals surface area contributed by atoms with E-state index in [1.807, 2.05) is 31.2 Å². The van der Waals surface area contributed by atoms with Crippen LogP contribution in [0.25, 0.3) is 11.4 Å². The van der Waals surface area contributed by atoms with Gasteiger partial charge in [0, 0.05) is 29.6 Å². The normalized spacial score (nSPS) is 24.4. The summed E-state index contributed by atoms with van der Waals surface area (Å²) in [4.78, 5) is 32.3. The number of anilines is 1. The molecule has 142 valence electrons. The summed E-state index contributed by atoms with van der Waals surface area (Å²) < 4.78 is 0. The SMILES string of the molecule is CCc1cc(=O)[nH]c(-c2cccc(NC(=O)[C@@]34CCCC[C@H]3CNC4)c2)n1. The van der Waals surface area contributed by atoms with Crippen molar-refractivity contribution in [2.75, 3.05) is 18.4 Å². The molecule has 2 atom stereocenters. The van der Waals surface area contributed by atoms with Crippen LogP contribution in [-0.2, 0) is 11.2 Å². The number of benzene rings is 1. The largest absolute Gasteiger partial charge is 0.326 e. The van der Waals surface area contributed by atoms with Crippen molar-refractivity contribution in [3.05, 3.63) is 46.4 Å². The molecule has 0 spiro atoms. The Hall–Kier alpha value is -2.47. The van der Waals surface area contributed by atoms with Crippen molar-refractivity contribution in [1.29, 1.82) is 0 Å². The van der Waals surface area contributed by atoms with E-state index in [0.717, 1.165) is 49.3 Å². The zero-order valence-corrected chi connectivity index (χ0v) is 15.7. The molecule has 0 bridgehead atoms. The van der Waals surface area contributed by atoms with Crippen molar-refractivity contribution >= 4 is 11.6 Å². The summed E-state index contributed by atoms with van der Waals surface area (Å²) in [5, 5.41) is 6.55. The molecule has 1 aliphatic heterocycles. The molecular weight excluding hydrogens is 340 g/mol. The Morgan fingerprint density at radius 2 is 2.22 bits per heavy atom. The zero-order chi connectivity index (χ0) is 18.9. The Kier molecular flexibility index (Phi) is 4.83. The summed E-state index contributed by atoms with van der Waals surface area (Å²) >= 11 is 0. The number of rotatable bonds is 4. The maximum absolute atomic E-state index is 13.1. The molecule has 6 nitrogen and oxygen atoms in total. The first-order chi connectivity index (χ1) is 13.1. The van der Waals surface area contributed by atoms with E-state index in [-0.39, 0.29) is 16.9 Å². The molecule has 1 saturated heterocycles. The van der Waals surface area contributed by atoms with Gasteiger partial charge in [0.2, 0.25) is 5.91 Å². The predicted molar refractivity (Wildman–Crippen MR) is 106 cm³/mol. The number of aromatic amines is 1. The van der Waals surface area contributed by atoms with Gasteiger partial charge < -0.3 is 15.6 Å². The molecule has 6 heteroatoms. The summed E-state index contributed by atoms with van der Waals surface area (Å²) in [7, 11) is 0. The molecule has 4 rings (SSSR count). The van der Waals surface area contributed by atoms with Crippen LogP contribution >= 0.6 is 0 Å². The molecule has 1 saturated carbocycles. The van der Waals surface area contributed by atoms with E-state index >= 15 is 0 Å². The van der Waals surface area contributed by atoms with Crippen molar-refractivity contribution in [2.24, 2.45) is 11.3 Å². The van der Waals surface area contributed by atoms with E-state index in [4.69, 9.17) is 0 Å². The summed E-state index contributed by atoms with van der Waals surface area (Å²) in [5.74, 6) is 1.07. The van der Waals surface area contributed by atoms with Crippen LogP contribution in [0.4, 0.5) is 5.69 Å². The molecule has 27 heavy (non-hydrogen) atoms. The van der Waals surface area contributed by atoms with E-state index in [0.29, 0.717) is 18.2 Å². The minimum Gasteiger partial charge on any atom is -0.326 e. The molecule has 0 radical (unpaired) electrons. The fourth-order valence-corrected chi connectivity index (χ4v) is 4.52. The van der Waals surface area contributed by atoms with Gasteiger partial charge in [-0.2, -0.15) is 0 Å². The van der Waals surface area contributed by atoms with Crippen molar-refractivity contribution in [3.8, 4) is 11.4 Å². The molecule has 0 unspecified atom stereocenters. The van der Waals surface area contributed by atoms with Crippen LogP contribution in [0, 0.1) is 11.3 Å². The summed E-state index contributed by atoms with van der Waals surface area (Å²) in [6.07, 6.45) is 5.09. The molecule has 1 aliphatic carbocycles. The fraction of sp³-hybridized carbons (Fsp3) is 0.476. The second-order valence-electron chi connectivity index (χ2n) is 7.70. The fourth-order valence-electron chi connectivity index (χ4n) is 4.52. The Balaban J connectivity index is 1.59. The number of hydrogen-bond acceptors (Lipinski definition) is 4. The average molecular weight is 366 g/mol. The van der Waals surface area contributed by atoms with Crippen LogP contribution in [0.2, 0.25) is 0 Å². The first-order valence-electron chi connectivity index (χ1n) is 9.83. The van der Waals surface area contributed by atoms with E-state index in [9.17, 15) is 9.59 Å². The molecule has 2 heterocycles. The topological polar surface area (TPSA) is 86.9 Å². The molecule has 2 fully saturated rings. The summed E-state index contributed by atoms with van der Waals surface area (Å²) in [6.45, 7) is 3.66. The number of H-pyrrole nitrogens is 1. The van der Waals surface area contributed by atoms with Crippen LogP contribution in [0.3, 0.4) is 0 Å². The highest BCUT2D eigenvalue weighted by molar-refractivity contribution is 5.96. The number of nitrogens with one attached hydrogen (secondary N) is 3. The number of hydrogen-bond donors (Lipinski definition) is 3. The van der Waals surface area contributed by atoms with Crippen LogP contribution in [0.15, 0.2) is 35.1 Å². The molecule has 3 N–H and O–H groups in total. The first kappa shape index (κ1) is 17.9. The number of fused-ring (bicyclic) bond motifs is 1. The van der Waals surface area contributed by atoms with Gasteiger partial charge >= 0.3 is 0 Å². The number of carbonyl (C=O) groups excluding carboxylic acids is 1. The lowest BCUT2D eigenvalue weighted by Gasteiger charge is -2.37. The molecule has 1 amide bonds. The third kappa shape index (κ3) is 3.41. The number of aryl methyl sites for hydroxylation is 1. The van der Waals surface area contributed by atoms with Crippen LogP contribution in [0.1, 0.15) is 38.3 Å². The van der Waals surface area contributed by atoms with Gasteiger partial charge in [-0.3, -0.25) is 9.59 Å². The van der Waals surface area contributed by atoms with Gasteiger partial charge in [0.1, 0.15) is 5.82 Å². The molecule has 2 aromatic rings. The maximum atomic E-state index is 13.1. The lowest BCUT2D eigenvalue weighted by atomic mass is 9.67. The monoisotopic (exact) mass is 366 g/mol. The lowest BCUT2D eigenvalue weighted by Crippen LogP contribution is -2.44. The minimum absolute atomic E-state index is 0.109. The van der Waals surface area contributed by atoms with E-state index in [1.165, 1.54) is 12.5 Å². The number of aromatic nitrogens is 2. The number of carbonyl (C=O) groups is 1.